The van der Waals surface area contributed by atoms with Gasteiger partial charge in [0.1, 0.15) is 11.5 Å². The smallest absolute Gasteiger partial charge is 0.275 e. The lowest BCUT2D eigenvalue weighted by Gasteiger charge is -2.11. The highest BCUT2D eigenvalue weighted by molar-refractivity contribution is 6.02. The molecule has 0 atom stereocenters. The van der Waals surface area contributed by atoms with Gasteiger partial charge < -0.3 is 10.2 Å². The summed E-state index contributed by atoms with van der Waals surface area (Å²) >= 11 is 0. The zero-order valence-corrected chi connectivity index (χ0v) is 11.1. The van der Waals surface area contributed by atoms with Gasteiger partial charge in [-0.05, 0) is 19.1 Å². The minimum atomic E-state index is -0.299. The third kappa shape index (κ3) is 3.25. The van der Waals surface area contributed by atoms with Crippen LogP contribution in [-0.2, 0) is 0 Å². The van der Waals surface area contributed by atoms with Crippen LogP contribution in [0.2, 0.25) is 0 Å². The van der Waals surface area contributed by atoms with Gasteiger partial charge in [-0.1, -0.05) is 0 Å². The third-order valence-corrected chi connectivity index (χ3v) is 2.48. The second kappa shape index (κ2) is 5.43. The molecule has 1 N–H and O–H groups in total. The first-order valence-electron chi connectivity index (χ1n) is 5.79. The summed E-state index contributed by atoms with van der Waals surface area (Å²) in [7, 11) is 3.81. The average Bonchev–Trinajstić information content (AvgIpc) is 2.40. The Morgan fingerprint density at radius 1 is 1.11 bits per heavy atom. The van der Waals surface area contributed by atoms with Crippen LogP contribution in [0.25, 0.3) is 0 Å². The highest BCUT2D eigenvalue weighted by Gasteiger charge is 2.08. The van der Waals surface area contributed by atoms with Gasteiger partial charge in [0.25, 0.3) is 5.91 Å². The Hall–Kier alpha value is -2.50. The molecule has 0 fully saturated rings. The number of anilines is 2. The molecule has 2 aromatic rings. The average molecular weight is 257 g/mol. The van der Waals surface area contributed by atoms with Crippen molar-refractivity contribution in [1.82, 2.24) is 15.0 Å². The van der Waals surface area contributed by atoms with Crippen molar-refractivity contribution in [2.45, 2.75) is 6.92 Å². The van der Waals surface area contributed by atoms with Gasteiger partial charge in [-0.3, -0.25) is 9.78 Å². The molecule has 0 aliphatic heterocycles. The summed E-state index contributed by atoms with van der Waals surface area (Å²) in [6.07, 6.45) is 4.61. The van der Waals surface area contributed by atoms with Gasteiger partial charge in [0.05, 0.1) is 23.8 Å². The van der Waals surface area contributed by atoms with Crippen LogP contribution in [-0.4, -0.2) is 35.0 Å². The molecule has 6 nitrogen and oxygen atoms in total. The molecule has 0 aliphatic carbocycles. The summed E-state index contributed by atoms with van der Waals surface area (Å²) in [4.78, 5) is 26.0. The van der Waals surface area contributed by atoms with Crippen molar-refractivity contribution in [1.29, 1.82) is 0 Å². The molecule has 0 unspecified atom stereocenters. The maximum atomic E-state index is 11.9. The number of aromatic nitrogens is 3. The summed E-state index contributed by atoms with van der Waals surface area (Å²) in [6.45, 7) is 1.82. The van der Waals surface area contributed by atoms with Gasteiger partial charge in [-0.2, -0.15) is 0 Å². The number of hydrogen-bond donors (Lipinski definition) is 1. The van der Waals surface area contributed by atoms with Crippen LogP contribution < -0.4 is 10.2 Å². The molecule has 2 rings (SSSR count). The van der Waals surface area contributed by atoms with E-state index in [9.17, 15) is 4.79 Å². The van der Waals surface area contributed by atoms with Crippen molar-refractivity contribution in [2.75, 3.05) is 24.3 Å². The monoisotopic (exact) mass is 257 g/mol. The Morgan fingerprint density at radius 2 is 1.89 bits per heavy atom. The van der Waals surface area contributed by atoms with Crippen LogP contribution in [0.1, 0.15) is 16.2 Å². The number of rotatable bonds is 3. The second-order valence-corrected chi connectivity index (χ2v) is 4.30. The highest BCUT2D eigenvalue weighted by atomic mass is 16.1. The number of carbonyl (C=O) groups is 1. The first-order valence-corrected chi connectivity index (χ1v) is 5.79. The molecule has 19 heavy (non-hydrogen) atoms. The molecule has 0 spiro atoms. The Kier molecular flexibility index (Phi) is 3.70. The fourth-order valence-electron chi connectivity index (χ4n) is 1.43. The molecular formula is C13H15N5O. The highest BCUT2D eigenvalue weighted by Crippen LogP contribution is 2.12. The van der Waals surface area contributed by atoms with E-state index in [4.69, 9.17) is 0 Å². The Balaban J connectivity index is 2.08. The van der Waals surface area contributed by atoms with E-state index in [0.29, 0.717) is 5.69 Å². The van der Waals surface area contributed by atoms with Crippen molar-refractivity contribution in [3.63, 3.8) is 0 Å². The van der Waals surface area contributed by atoms with Crippen LogP contribution in [0.15, 0.2) is 30.7 Å². The van der Waals surface area contributed by atoms with E-state index < -0.39 is 0 Å². The summed E-state index contributed by atoms with van der Waals surface area (Å²) in [5.74, 6) is 0.528. The fraction of sp³-hybridized carbons (Fsp3) is 0.231. The lowest BCUT2D eigenvalue weighted by molar-refractivity contribution is 0.102. The van der Waals surface area contributed by atoms with Gasteiger partial charge in [0.2, 0.25) is 0 Å². The number of nitrogens with zero attached hydrogens (tertiary/aromatic N) is 4. The van der Waals surface area contributed by atoms with E-state index in [1.165, 1.54) is 6.20 Å². The largest absolute Gasteiger partial charge is 0.363 e. The second-order valence-electron chi connectivity index (χ2n) is 4.30. The first-order chi connectivity index (χ1) is 9.06. The van der Waals surface area contributed by atoms with Crippen molar-refractivity contribution in [3.8, 4) is 0 Å². The predicted molar refractivity (Wildman–Crippen MR) is 73.3 cm³/mol. The molecule has 0 aromatic carbocycles. The van der Waals surface area contributed by atoms with Crippen molar-refractivity contribution in [2.24, 2.45) is 0 Å². The van der Waals surface area contributed by atoms with E-state index in [1.54, 1.807) is 18.5 Å². The molecule has 0 aliphatic rings. The molecule has 2 aromatic heterocycles. The molecule has 1 amide bonds. The standard InChI is InChI=1S/C13H15N5O/c1-9-6-15-11(8-14-9)13(19)17-10-4-5-12(16-7-10)18(2)3/h4-8H,1-3H3,(H,17,19). The maximum absolute atomic E-state index is 11.9. The summed E-state index contributed by atoms with van der Waals surface area (Å²) in [5, 5.41) is 2.72. The SMILES string of the molecule is Cc1cnc(C(=O)Nc2ccc(N(C)C)nc2)cn1. The van der Waals surface area contributed by atoms with E-state index in [2.05, 4.69) is 20.3 Å². The normalized spacial score (nSPS) is 10.1. The number of nitrogens with one attached hydrogen (secondary N) is 1. The number of pyridine rings is 1. The lowest BCUT2D eigenvalue weighted by atomic mass is 10.3. The third-order valence-electron chi connectivity index (χ3n) is 2.48. The summed E-state index contributed by atoms with van der Waals surface area (Å²) in [5.41, 5.74) is 1.67. The molecule has 0 bridgehead atoms. The fourth-order valence-corrected chi connectivity index (χ4v) is 1.43. The predicted octanol–water partition coefficient (Wildman–Crippen LogP) is 1.50. The zero-order chi connectivity index (χ0) is 13.8. The van der Waals surface area contributed by atoms with Gasteiger partial charge in [0.15, 0.2) is 0 Å². The minimum absolute atomic E-state index is 0.280. The van der Waals surface area contributed by atoms with E-state index in [1.807, 2.05) is 32.0 Å². The number of carbonyl (C=O) groups excluding carboxylic acids is 1. The Morgan fingerprint density at radius 3 is 2.42 bits per heavy atom. The maximum Gasteiger partial charge on any atom is 0.275 e. The number of hydrogen-bond acceptors (Lipinski definition) is 5. The Labute approximate surface area is 111 Å². The Bertz CT molecular complexity index is 563. The molecule has 0 radical (unpaired) electrons. The van der Waals surface area contributed by atoms with Gasteiger partial charge in [0, 0.05) is 20.3 Å². The molecule has 98 valence electrons. The van der Waals surface area contributed by atoms with Crippen LogP contribution in [0.5, 0.6) is 0 Å². The van der Waals surface area contributed by atoms with Crippen LogP contribution in [0, 0.1) is 6.92 Å². The van der Waals surface area contributed by atoms with Gasteiger partial charge in [-0.25, -0.2) is 9.97 Å². The lowest BCUT2D eigenvalue weighted by Crippen LogP contribution is -2.15. The summed E-state index contributed by atoms with van der Waals surface area (Å²) in [6, 6.07) is 3.62. The van der Waals surface area contributed by atoms with Crippen LogP contribution in [0.4, 0.5) is 11.5 Å². The first kappa shape index (κ1) is 12.9. The molecular weight excluding hydrogens is 242 g/mol. The minimum Gasteiger partial charge on any atom is -0.363 e. The summed E-state index contributed by atoms with van der Waals surface area (Å²) < 4.78 is 0. The van der Waals surface area contributed by atoms with E-state index >= 15 is 0 Å². The van der Waals surface area contributed by atoms with Gasteiger partial charge in [-0.15, -0.1) is 0 Å². The van der Waals surface area contributed by atoms with Crippen LogP contribution in [0.3, 0.4) is 0 Å². The quantitative estimate of drug-likeness (QED) is 0.902. The van der Waals surface area contributed by atoms with Crippen LogP contribution >= 0.6 is 0 Å². The molecule has 2 heterocycles. The van der Waals surface area contributed by atoms with Gasteiger partial charge >= 0.3 is 0 Å². The van der Waals surface area contributed by atoms with E-state index in [-0.39, 0.29) is 11.6 Å². The number of aryl methyl sites for hydroxylation is 1. The zero-order valence-electron chi connectivity index (χ0n) is 11.1. The van der Waals surface area contributed by atoms with Crippen molar-refractivity contribution in [3.05, 3.63) is 42.1 Å². The molecule has 6 heteroatoms. The molecule has 0 saturated carbocycles. The van der Waals surface area contributed by atoms with Crippen molar-refractivity contribution >= 4 is 17.4 Å². The van der Waals surface area contributed by atoms with E-state index in [0.717, 1.165) is 11.5 Å². The number of amides is 1. The molecule has 0 saturated heterocycles. The topological polar surface area (TPSA) is 71.0 Å². The van der Waals surface area contributed by atoms with Crippen molar-refractivity contribution < 1.29 is 4.79 Å².